The number of carbonyl (C=O) groups excluding carboxylic acids is 2. The molecule has 9 nitrogen and oxygen atoms in total. The van der Waals surface area contributed by atoms with Crippen molar-refractivity contribution in [2.45, 2.75) is 6.04 Å². The van der Waals surface area contributed by atoms with Crippen molar-refractivity contribution < 1.29 is 14.3 Å². The Balaban J connectivity index is 1.83. The summed E-state index contributed by atoms with van der Waals surface area (Å²) >= 11 is 0. The van der Waals surface area contributed by atoms with Gasteiger partial charge in [0.2, 0.25) is 5.91 Å². The van der Waals surface area contributed by atoms with Gasteiger partial charge in [-0.1, -0.05) is 5.21 Å². The van der Waals surface area contributed by atoms with Gasteiger partial charge in [-0.05, 0) is 0 Å². The van der Waals surface area contributed by atoms with E-state index < -0.39 is 0 Å². The Bertz CT molecular complexity index is 499. The van der Waals surface area contributed by atoms with E-state index in [1.807, 2.05) is 0 Å². The van der Waals surface area contributed by atoms with Crippen LogP contribution in [-0.2, 0) is 9.53 Å². The van der Waals surface area contributed by atoms with E-state index in [4.69, 9.17) is 4.74 Å². The molecule has 2 amide bonds. The van der Waals surface area contributed by atoms with Crippen molar-refractivity contribution in [3.05, 3.63) is 11.9 Å². The molecule has 1 aliphatic heterocycles. The summed E-state index contributed by atoms with van der Waals surface area (Å²) in [6, 6.07) is 0.252. The molecule has 2 heterocycles. The highest BCUT2D eigenvalue weighted by molar-refractivity contribution is 5.94. The number of ether oxygens (including phenoxy) is 1. The summed E-state index contributed by atoms with van der Waals surface area (Å²) in [4.78, 5) is 25.1. The monoisotopic (exact) mass is 296 g/mol. The summed E-state index contributed by atoms with van der Waals surface area (Å²) in [7, 11) is 3.12. The molecule has 0 spiro atoms. The molecule has 116 valence electrons. The first-order valence-electron chi connectivity index (χ1n) is 6.75. The highest BCUT2D eigenvalue weighted by atomic mass is 16.5. The Kier molecular flexibility index (Phi) is 5.23. The van der Waals surface area contributed by atoms with Gasteiger partial charge in [-0.3, -0.25) is 9.59 Å². The third-order valence-corrected chi connectivity index (χ3v) is 3.22. The fourth-order valence-corrected chi connectivity index (χ4v) is 1.84. The van der Waals surface area contributed by atoms with E-state index in [-0.39, 0.29) is 30.1 Å². The summed E-state index contributed by atoms with van der Waals surface area (Å²) in [5, 5.41) is 13.6. The first kappa shape index (κ1) is 15.4. The summed E-state index contributed by atoms with van der Waals surface area (Å²) in [6.45, 7) is 2.49. The lowest BCUT2D eigenvalue weighted by atomic mass is 10.2. The van der Waals surface area contributed by atoms with Gasteiger partial charge >= 0.3 is 0 Å². The average molecular weight is 296 g/mol. The van der Waals surface area contributed by atoms with Crippen LogP contribution in [0.3, 0.4) is 0 Å². The molecule has 0 bridgehead atoms. The molecule has 9 heteroatoms. The summed E-state index contributed by atoms with van der Waals surface area (Å²) in [6.07, 6.45) is 1.62. The fourth-order valence-electron chi connectivity index (χ4n) is 1.84. The van der Waals surface area contributed by atoms with Crippen LogP contribution in [0.5, 0.6) is 0 Å². The maximum atomic E-state index is 12.1. The minimum absolute atomic E-state index is 0.0274. The first-order valence-corrected chi connectivity index (χ1v) is 6.75. The number of hydrogen-bond acceptors (Lipinski definition) is 6. The molecule has 0 aromatic carbocycles. The molecule has 1 saturated heterocycles. The quantitative estimate of drug-likeness (QED) is 0.579. The zero-order valence-electron chi connectivity index (χ0n) is 12.2. The second-order valence-electron chi connectivity index (χ2n) is 4.90. The van der Waals surface area contributed by atoms with E-state index in [1.165, 1.54) is 4.90 Å². The second kappa shape index (κ2) is 7.14. The summed E-state index contributed by atoms with van der Waals surface area (Å²) in [5.74, 6) is -0.561. The van der Waals surface area contributed by atoms with Crippen molar-refractivity contribution in [3.8, 4) is 0 Å². The SMILES string of the molecule is COCCNC(=O)CN(C)C(=O)c1cn(C2CNC2)nn1. The molecule has 0 atom stereocenters. The van der Waals surface area contributed by atoms with Crippen molar-refractivity contribution in [2.75, 3.05) is 46.9 Å². The maximum Gasteiger partial charge on any atom is 0.276 e. The van der Waals surface area contributed by atoms with Crippen LogP contribution in [0.2, 0.25) is 0 Å². The van der Waals surface area contributed by atoms with Crippen LogP contribution in [0.4, 0.5) is 0 Å². The Morgan fingerprint density at radius 2 is 2.33 bits per heavy atom. The Labute approximate surface area is 122 Å². The minimum Gasteiger partial charge on any atom is -0.383 e. The van der Waals surface area contributed by atoms with E-state index in [1.54, 1.807) is 25.0 Å². The number of carbonyl (C=O) groups is 2. The van der Waals surface area contributed by atoms with Gasteiger partial charge in [0.15, 0.2) is 5.69 Å². The zero-order chi connectivity index (χ0) is 15.2. The van der Waals surface area contributed by atoms with Crippen molar-refractivity contribution in [1.82, 2.24) is 30.5 Å². The molecular formula is C12H20N6O3. The van der Waals surface area contributed by atoms with E-state index in [9.17, 15) is 9.59 Å². The normalized spacial score (nSPS) is 14.6. The molecule has 2 rings (SSSR count). The fraction of sp³-hybridized carbons (Fsp3) is 0.667. The molecule has 1 aromatic heterocycles. The predicted molar refractivity (Wildman–Crippen MR) is 73.8 cm³/mol. The van der Waals surface area contributed by atoms with Gasteiger partial charge in [0.25, 0.3) is 5.91 Å². The number of nitrogens with zero attached hydrogens (tertiary/aromatic N) is 4. The lowest BCUT2D eigenvalue weighted by molar-refractivity contribution is -0.121. The van der Waals surface area contributed by atoms with Gasteiger partial charge in [-0.2, -0.15) is 0 Å². The summed E-state index contributed by atoms with van der Waals surface area (Å²) in [5.41, 5.74) is 0.245. The third kappa shape index (κ3) is 3.99. The molecule has 0 aliphatic carbocycles. The van der Waals surface area contributed by atoms with E-state index in [0.717, 1.165) is 13.1 Å². The lowest BCUT2D eigenvalue weighted by Crippen LogP contribution is -2.43. The van der Waals surface area contributed by atoms with E-state index >= 15 is 0 Å². The Morgan fingerprint density at radius 1 is 1.57 bits per heavy atom. The van der Waals surface area contributed by atoms with Crippen LogP contribution < -0.4 is 10.6 Å². The average Bonchev–Trinajstić information content (AvgIpc) is 2.85. The number of rotatable bonds is 7. The zero-order valence-corrected chi connectivity index (χ0v) is 12.2. The van der Waals surface area contributed by atoms with Gasteiger partial charge in [0.1, 0.15) is 0 Å². The standard InChI is InChI=1S/C12H20N6O3/c1-17(8-11(19)14-3-4-21-2)12(20)10-7-18(16-15-10)9-5-13-6-9/h7,9,13H,3-6,8H2,1-2H3,(H,14,19). The number of aromatic nitrogens is 3. The maximum absolute atomic E-state index is 12.1. The molecule has 0 radical (unpaired) electrons. The topological polar surface area (TPSA) is 101 Å². The molecule has 0 unspecified atom stereocenters. The lowest BCUT2D eigenvalue weighted by Gasteiger charge is -2.26. The highest BCUT2D eigenvalue weighted by Gasteiger charge is 2.23. The van der Waals surface area contributed by atoms with Gasteiger partial charge in [-0.15, -0.1) is 5.10 Å². The second-order valence-corrected chi connectivity index (χ2v) is 4.90. The smallest absolute Gasteiger partial charge is 0.276 e. The van der Waals surface area contributed by atoms with Crippen molar-refractivity contribution >= 4 is 11.8 Å². The van der Waals surface area contributed by atoms with Crippen LogP contribution >= 0.6 is 0 Å². The van der Waals surface area contributed by atoms with Crippen LogP contribution in [0, 0.1) is 0 Å². The molecule has 1 fully saturated rings. The number of likely N-dealkylation sites (N-methyl/N-ethyl adjacent to an activating group) is 1. The molecule has 1 aliphatic rings. The molecule has 21 heavy (non-hydrogen) atoms. The van der Waals surface area contributed by atoms with Gasteiger partial charge in [0.05, 0.1) is 25.4 Å². The van der Waals surface area contributed by atoms with Gasteiger partial charge in [0, 0.05) is 33.8 Å². The molecule has 1 aromatic rings. The number of amides is 2. The number of hydrogen-bond donors (Lipinski definition) is 2. The predicted octanol–water partition coefficient (Wildman–Crippen LogP) is -1.74. The Hall–Kier alpha value is -2.00. The van der Waals surface area contributed by atoms with E-state index in [2.05, 4.69) is 20.9 Å². The van der Waals surface area contributed by atoms with Crippen molar-refractivity contribution in [2.24, 2.45) is 0 Å². The van der Waals surface area contributed by atoms with Crippen LogP contribution in [0.25, 0.3) is 0 Å². The van der Waals surface area contributed by atoms with Crippen LogP contribution in [0.15, 0.2) is 6.20 Å². The number of nitrogens with one attached hydrogen (secondary N) is 2. The van der Waals surface area contributed by atoms with Gasteiger partial charge < -0.3 is 20.3 Å². The highest BCUT2D eigenvalue weighted by Crippen LogP contribution is 2.10. The summed E-state index contributed by atoms with van der Waals surface area (Å²) < 4.78 is 6.51. The van der Waals surface area contributed by atoms with Crippen LogP contribution in [-0.4, -0.2) is 78.7 Å². The van der Waals surface area contributed by atoms with Crippen molar-refractivity contribution in [3.63, 3.8) is 0 Å². The largest absolute Gasteiger partial charge is 0.383 e. The van der Waals surface area contributed by atoms with Gasteiger partial charge in [-0.25, -0.2) is 4.68 Å². The minimum atomic E-state index is -0.324. The molecular weight excluding hydrogens is 276 g/mol. The van der Waals surface area contributed by atoms with Crippen molar-refractivity contribution in [1.29, 1.82) is 0 Å². The Morgan fingerprint density at radius 3 is 2.95 bits per heavy atom. The molecule has 0 saturated carbocycles. The first-order chi connectivity index (χ1) is 10.1. The van der Waals surface area contributed by atoms with Crippen LogP contribution in [0.1, 0.15) is 16.5 Å². The molecule has 2 N–H and O–H groups in total. The third-order valence-electron chi connectivity index (χ3n) is 3.22. The number of methoxy groups -OCH3 is 1. The van der Waals surface area contributed by atoms with E-state index in [0.29, 0.717) is 13.2 Å².